The Hall–Kier alpha value is -2.96. The summed E-state index contributed by atoms with van der Waals surface area (Å²) in [5, 5.41) is 10.8. The Morgan fingerprint density at radius 2 is 1.91 bits per heavy atom. The van der Waals surface area contributed by atoms with Crippen LogP contribution in [0.5, 0.6) is 0 Å². The third kappa shape index (κ3) is 4.26. The Morgan fingerprint density at radius 1 is 1.22 bits per heavy atom. The van der Waals surface area contributed by atoms with Crippen molar-refractivity contribution in [3.05, 3.63) is 74.2 Å². The molecule has 0 radical (unpaired) electrons. The lowest BCUT2D eigenvalue weighted by Crippen LogP contribution is -2.28. The normalized spacial score (nSPS) is 10.3. The lowest BCUT2D eigenvalue weighted by molar-refractivity contribution is -0.386. The van der Waals surface area contributed by atoms with Crippen LogP contribution in [0.1, 0.15) is 11.3 Å². The minimum absolute atomic E-state index is 0.186. The second kappa shape index (κ2) is 7.35. The van der Waals surface area contributed by atoms with E-state index in [1.165, 1.54) is 6.07 Å². The molecule has 1 aromatic heterocycles. The lowest BCUT2D eigenvalue weighted by atomic mass is 10.2. The Bertz CT molecular complexity index is 768. The molecule has 0 bridgehead atoms. The summed E-state index contributed by atoms with van der Waals surface area (Å²) < 4.78 is 6.14. The summed E-state index contributed by atoms with van der Waals surface area (Å²) >= 11 is 0. The van der Waals surface area contributed by atoms with Crippen LogP contribution in [0, 0.1) is 17.0 Å². The number of aromatic nitrogens is 1. The van der Waals surface area contributed by atoms with E-state index in [1.54, 1.807) is 6.92 Å². The van der Waals surface area contributed by atoms with Crippen molar-refractivity contribution in [1.29, 1.82) is 0 Å². The third-order valence-corrected chi connectivity index (χ3v) is 3.35. The number of nitrogens with zero attached hydrogens (tertiary/aromatic N) is 2. The van der Waals surface area contributed by atoms with Gasteiger partial charge in [-0.2, -0.15) is 0 Å². The summed E-state index contributed by atoms with van der Waals surface area (Å²) in [6, 6.07) is 12.1. The average Bonchev–Trinajstić information content (AvgIpc) is 2.52. The van der Waals surface area contributed by atoms with Gasteiger partial charge in [0.2, 0.25) is 0 Å². The monoisotopic (exact) mass is 316 g/mol. The highest BCUT2D eigenvalue weighted by Crippen LogP contribution is 2.06. The first-order valence-corrected chi connectivity index (χ1v) is 7.03. The van der Waals surface area contributed by atoms with Gasteiger partial charge in [0, 0.05) is 18.2 Å². The number of rotatable bonds is 6. The van der Waals surface area contributed by atoms with Crippen molar-refractivity contribution < 1.29 is 14.5 Å². The van der Waals surface area contributed by atoms with E-state index in [0.29, 0.717) is 12.1 Å². The average molecular weight is 316 g/mol. The predicted molar refractivity (Wildman–Crippen MR) is 83.2 cm³/mol. The second-order valence-corrected chi connectivity index (χ2v) is 4.96. The van der Waals surface area contributed by atoms with Crippen molar-refractivity contribution in [2.75, 3.05) is 6.61 Å². The molecule has 7 heteroatoms. The fourth-order valence-corrected chi connectivity index (χ4v) is 2.10. The highest BCUT2D eigenvalue weighted by atomic mass is 16.6. The van der Waals surface area contributed by atoms with Crippen LogP contribution in [0.4, 0.5) is 5.69 Å². The number of ether oxygens (including phenoxy) is 1. The smallest absolute Gasteiger partial charge is 0.334 e. The molecule has 0 amide bonds. The second-order valence-electron chi connectivity index (χ2n) is 4.96. The molecule has 0 saturated carbocycles. The van der Waals surface area contributed by atoms with Gasteiger partial charge in [0.05, 0.1) is 11.5 Å². The summed E-state index contributed by atoms with van der Waals surface area (Å²) in [6.07, 6.45) is 0.565. The molecule has 0 fully saturated rings. The summed E-state index contributed by atoms with van der Waals surface area (Å²) in [4.78, 5) is 33.8. The Kier molecular flexibility index (Phi) is 5.24. The third-order valence-electron chi connectivity index (χ3n) is 3.35. The molecule has 0 spiro atoms. The molecular formula is C16H16N2O5. The fourth-order valence-electron chi connectivity index (χ4n) is 2.10. The molecule has 1 heterocycles. The number of carbonyl (C=O) groups excluding carboxylic acids is 1. The highest BCUT2D eigenvalue weighted by Gasteiger charge is 2.17. The largest absolute Gasteiger partial charge is 0.464 e. The Morgan fingerprint density at radius 3 is 2.57 bits per heavy atom. The van der Waals surface area contributed by atoms with Crippen molar-refractivity contribution in [3.63, 3.8) is 0 Å². The zero-order valence-electron chi connectivity index (χ0n) is 12.6. The van der Waals surface area contributed by atoms with E-state index in [2.05, 4.69) is 0 Å². The van der Waals surface area contributed by atoms with Gasteiger partial charge >= 0.3 is 17.2 Å². The number of carbonyl (C=O) groups is 1. The van der Waals surface area contributed by atoms with Gasteiger partial charge in [-0.15, -0.1) is 0 Å². The molecule has 1 aromatic carbocycles. The standard InChI is InChI=1S/C16H16N2O5/c1-12-7-8-14(18(21)22)16(20)17(12)11-15(19)23-10-9-13-5-3-2-4-6-13/h2-8H,9-11H2,1H3. The van der Waals surface area contributed by atoms with Crippen molar-refractivity contribution in [3.8, 4) is 0 Å². The summed E-state index contributed by atoms with van der Waals surface area (Å²) in [6.45, 7) is 1.44. The minimum atomic E-state index is -0.810. The zero-order valence-corrected chi connectivity index (χ0v) is 12.6. The Balaban J connectivity index is 1.99. The van der Waals surface area contributed by atoms with Crippen molar-refractivity contribution >= 4 is 11.7 Å². The van der Waals surface area contributed by atoms with E-state index in [-0.39, 0.29) is 13.2 Å². The molecule has 0 unspecified atom stereocenters. The summed E-state index contributed by atoms with van der Waals surface area (Å²) in [5.74, 6) is -0.605. The van der Waals surface area contributed by atoms with Crippen LogP contribution < -0.4 is 5.56 Å². The van der Waals surface area contributed by atoms with Crippen molar-refractivity contribution in [2.24, 2.45) is 0 Å². The van der Waals surface area contributed by atoms with Crippen LogP contribution >= 0.6 is 0 Å². The van der Waals surface area contributed by atoms with Crippen molar-refractivity contribution in [2.45, 2.75) is 19.9 Å². The number of aryl methyl sites for hydroxylation is 1. The maximum atomic E-state index is 12.0. The van der Waals surface area contributed by atoms with Gasteiger partial charge in [-0.1, -0.05) is 30.3 Å². The summed E-state index contributed by atoms with van der Waals surface area (Å²) in [7, 11) is 0. The number of benzene rings is 1. The quantitative estimate of drug-likeness (QED) is 0.461. The molecule has 0 aliphatic heterocycles. The van der Waals surface area contributed by atoms with Gasteiger partial charge in [0.15, 0.2) is 0 Å². The maximum Gasteiger partial charge on any atom is 0.334 e. The van der Waals surface area contributed by atoms with Crippen LogP contribution in [-0.4, -0.2) is 22.1 Å². The van der Waals surface area contributed by atoms with Gasteiger partial charge in [-0.3, -0.25) is 24.3 Å². The molecule has 0 aliphatic rings. The molecular weight excluding hydrogens is 300 g/mol. The number of nitro groups is 1. The van der Waals surface area contributed by atoms with E-state index >= 15 is 0 Å². The van der Waals surface area contributed by atoms with Gasteiger partial charge in [0.25, 0.3) is 0 Å². The predicted octanol–water partition coefficient (Wildman–Crippen LogP) is 1.85. The van der Waals surface area contributed by atoms with E-state index < -0.39 is 22.1 Å². The van der Waals surface area contributed by atoms with E-state index in [9.17, 15) is 19.7 Å². The van der Waals surface area contributed by atoms with E-state index in [1.807, 2.05) is 30.3 Å². The van der Waals surface area contributed by atoms with E-state index in [4.69, 9.17) is 4.74 Å². The maximum absolute atomic E-state index is 12.0. The Labute approximate surface area is 132 Å². The molecule has 0 aliphatic carbocycles. The van der Waals surface area contributed by atoms with Gasteiger partial charge in [-0.25, -0.2) is 0 Å². The first kappa shape index (κ1) is 16.4. The van der Waals surface area contributed by atoms with Crippen molar-refractivity contribution in [1.82, 2.24) is 4.57 Å². The molecule has 2 rings (SSSR count). The SMILES string of the molecule is Cc1ccc([N+](=O)[O-])c(=O)n1CC(=O)OCCc1ccccc1. The number of hydrogen-bond acceptors (Lipinski definition) is 5. The molecule has 7 nitrogen and oxygen atoms in total. The first-order chi connectivity index (χ1) is 11.0. The van der Waals surface area contributed by atoms with Gasteiger partial charge in [0.1, 0.15) is 6.54 Å². The van der Waals surface area contributed by atoms with Gasteiger partial charge < -0.3 is 4.74 Å². The van der Waals surface area contributed by atoms with E-state index in [0.717, 1.165) is 16.2 Å². The fraction of sp³-hybridized carbons (Fsp3) is 0.250. The van der Waals surface area contributed by atoms with Gasteiger partial charge in [-0.05, 0) is 18.6 Å². The number of esters is 1. The van der Waals surface area contributed by atoms with Crippen LogP contribution in [0.3, 0.4) is 0 Å². The van der Waals surface area contributed by atoms with Crippen LogP contribution in [-0.2, 0) is 22.5 Å². The first-order valence-electron chi connectivity index (χ1n) is 7.03. The highest BCUT2D eigenvalue weighted by molar-refractivity contribution is 5.69. The lowest BCUT2D eigenvalue weighted by Gasteiger charge is -2.09. The molecule has 2 aromatic rings. The van der Waals surface area contributed by atoms with Crippen LogP contribution in [0.2, 0.25) is 0 Å². The molecule has 0 atom stereocenters. The minimum Gasteiger partial charge on any atom is -0.464 e. The number of pyridine rings is 1. The zero-order chi connectivity index (χ0) is 16.8. The molecule has 0 saturated heterocycles. The topological polar surface area (TPSA) is 91.4 Å². The molecule has 0 N–H and O–H groups in total. The van der Waals surface area contributed by atoms with Crippen LogP contribution in [0.25, 0.3) is 0 Å². The number of hydrogen-bond donors (Lipinski definition) is 0. The summed E-state index contributed by atoms with van der Waals surface area (Å²) in [5.41, 5.74) is 0.118. The van der Waals surface area contributed by atoms with Crippen LogP contribution in [0.15, 0.2) is 47.3 Å². The molecule has 120 valence electrons. The molecule has 23 heavy (non-hydrogen) atoms.